The van der Waals surface area contributed by atoms with Gasteiger partial charge in [-0.25, -0.2) is 8.42 Å². The summed E-state index contributed by atoms with van der Waals surface area (Å²) in [5.74, 6) is 0.585. The second kappa shape index (κ2) is 9.99. The number of carbonyl (C=O) groups is 1. The molecule has 8 heteroatoms. The van der Waals surface area contributed by atoms with E-state index in [2.05, 4.69) is 10.0 Å². The first kappa shape index (κ1) is 23.4. The molecule has 6 nitrogen and oxygen atoms in total. The maximum absolute atomic E-state index is 13.1. The highest BCUT2D eigenvalue weighted by Crippen LogP contribution is 2.34. The van der Waals surface area contributed by atoms with Gasteiger partial charge in [0.1, 0.15) is 5.75 Å². The van der Waals surface area contributed by atoms with E-state index in [1.165, 1.54) is 18.2 Å². The van der Waals surface area contributed by atoms with Crippen molar-refractivity contribution in [3.05, 3.63) is 113 Å². The average molecular weight is 493 g/mol. The first-order valence-corrected chi connectivity index (χ1v) is 12.2. The van der Waals surface area contributed by atoms with Crippen molar-refractivity contribution in [1.29, 1.82) is 0 Å². The lowest BCUT2D eigenvalue weighted by Crippen LogP contribution is -2.15. The Balaban J connectivity index is 1.56. The third-order valence-corrected chi connectivity index (χ3v) is 6.55. The van der Waals surface area contributed by atoms with E-state index >= 15 is 0 Å². The third-order valence-electron chi connectivity index (χ3n) is 4.95. The van der Waals surface area contributed by atoms with E-state index < -0.39 is 10.0 Å². The highest BCUT2D eigenvalue weighted by atomic mass is 35.5. The molecule has 0 fully saturated rings. The Morgan fingerprint density at radius 3 is 2.18 bits per heavy atom. The molecule has 0 bridgehead atoms. The highest BCUT2D eigenvalue weighted by Gasteiger charge is 2.19. The molecular weight excluding hydrogens is 472 g/mol. The summed E-state index contributed by atoms with van der Waals surface area (Å²) < 4.78 is 34.7. The number of para-hydroxylation sites is 1. The van der Waals surface area contributed by atoms with Gasteiger partial charge in [0, 0.05) is 16.3 Å². The fourth-order valence-electron chi connectivity index (χ4n) is 3.22. The van der Waals surface area contributed by atoms with Crippen molar-refractivity contribution in [2.75, 3.05) is 10.0 Å². The molecule has 0 aliphatic carbocycles. The van der Waals surface area contributed by atoms with Gasteiger partial charge in [-0.3, -0.25) is 9.52 Å². The Kier molecular flexibility index (Phi) is 6.86. The van der Waals surface area contributed by atoms with Crippen LogP contribution in [0.15, 0.2) is 102 Å². The van der Waals surface area contributed by atoms with Crippen LogP contribution in [0.4, 0.5) is 11.4 Å². The number of rotatable bonds is 7. The number of hydrogen-bond acceptors (Lipinski definition) is 4. The molecule has 0 aromatic heterocycles. The van der Waals surface area contributed by atoms with Crippen LogP contribution in [0, 0.1) is 6.92 Å². The van der Waals surface area contributed by atoms with Crippen molar-refractivity contribution >= 4 is 38.9 Å². The highest BCUT2D eigenvalue weighted by molar-refractivity contribution is 7.92. The first-order chi connectivity index (χ1) is 16.3. The van der Waals surface area contributed by atoms with Crippen LogP contribution in [0.5, 0.6) is 11.5 Å². The molecule has 0 aliphatic heterocycles. The van der Waals surface area contributed by atoms with E-state index in [0.717, 1.165) is 0 Å². The number of aryl methyl sites for hydroxylation is 1. The van der Waals surface area contributed by atoms with Crippen LogP contribution in [0.2, 0.25) is 5.02 Å². The fraction of sp³-hybridized carbons (Fsp3) is 0.0385. The van der Waals surface area contributed by atoms with Crippen molar-refractivity contribution in [3.63, 3.8) is 0 Å². The lowest BCUT2D eigenvalue weighted by atomic mass is 10.1. The molecule has 0 heterocycles. The zero-order valence-corrected chi connectivity index (χ0v) is 19.7. The lowest BCUT2D eigenvalue weighted by Gasteiger charge is -2.15. The van der Waals surface area contributed by atoms with Crippen molar-refractivity contribution in [2.45, 2.75) is 11.8 Å². The molecule has 0 radical (unpaired) electrons. The molecule has 0 saturated heterocycles. The van der Waals surface area contributed by atoms with Crippen LogP contribution in [-0.2, 0) is 10.0 Å². The molecular formula is C26H21ClN2O4S. The number of nitrogens with one attached hydrogen (secondary N) is 2. The van der Waals surface area contributed by atoms with Gasteiger partial charge in [0.05, 0.1) is 10.6 Å². The number of benzene rings is 4. The number of ether oxygens (including phenoxy) is 1. The second-order valence-electron chi connectivity index (χ2n) is 7.46. The number of carbonyl (C=O) groups excluding carboxylic acids is 1. The minimum atomic E-state index is -3.97. The smallest absolute Gasteiger partial charge is 0.262 e. The predicted molar refractivity (Wildman–Crippen MR) is 134 cm³/mol. The van der Waals surface area contributed by atoms with Gasteiger partial charge in [-0.15, -0.1) is 0 Å². The molecule has 0 saturated carbocycles. The van der Waals surface area contributed by atoms with E-state index in [0.29, 0.717) is 33.3 Å². The summed E-state index contributed by atoms with van der Waals surface area (Å²) in [6.07, 6.45) is 0. The SMILES string of the molecule is Cc1cc(S(=O)(=O)Nc2cc(Cl)ccc2Oc2ccccc2)ccc1NC(=O)c1ccccc1. The van der Waals surface area contributed by atoms with Gasteiger partial charge >= 0.3 is 0 Å². The molecule has 0 atom stereocenters. The zero-order valence-electron chi connectivity index (χ0n) is 18.2. The topological polar surface area (TPSA) is 84.5 Å². The Morgan fingerprint density at radius 2 is 1.50 bits per heavy atom. The Hall–Kier alpha value is -3.81. The summed E-state index contributed by atoms with van der Waals surface area (Å²) in [6.45, 7) is 1.73. The Bertz CT molecular complexity index is 1430. The number of sulfonamides is 1. The minimum absolute atomic E-state index is 0.0355. The number of hydrogen-bond donors (Lipinski definition) is 2. The summed E-state index contributed by atoms with van der Waals surface area (Å²) in [5, 5.41) is 3.16. The molecule has 0 spiro atoms. The average Bonchev–Trinajstić information content (AvgIpc) is 2.83. The van der Waals surface area contributed by atoms with Crippen LogP contribution < -0.4 is 14.8 Å². The summed E-state index contributed by atoms with van der Waals surface area (Å²) in [5.41, 5.74) is 1.82. The van der Waals surface area contributed by atoms with Gasteiger partial charge in [0.15, 0.2) is 5.75 Å². The van der Waals surface area contributed by atoms with E-state index in [1.54, 1.807) is 61.5 Å². The van der Waals surface area contributed by atoms with Crippen molar-refractivity contribution in [1.82, 2.24) is 0 Å². The Morgan fingerprint density at radius 1 is 0.824 bits per heavy atom. The van der Waals surface area contributed by atoms with Gasteiger partial charge in [-0.2, -0.15) is 0 Å². The molecule has 4 aromatic carbocycles. The van der Waals surface area contributed by atoms with Gasteiger partial charge < -0.3 is 10.1 Å². The largest absolute Gasteiger partial charge is 0.455 e. The monoisotopic (exact) mass is 492 g/mol. The van der Waals surface area contributed by atoms with Crippen LogP contribution in [0.1, 0.15) is 15.9 Å². The summed E-state index contributed by atoms with van der Waals surface area (Å²) in [7, 11) is -3.97. The quantitative estimate of drug-likeness (QED) is 0.308. The minimum Gasteiger partial charge on any atom is -0.455 e. The van der Waals surface area contributed by atoms with Gasteiger partial charge in [-0.1, -0.05) is 48.0 Å². The van der Waals surface area contributed by atoms with Gasteiger partial charge in [0.25, 0.3) is 15.9 Å². The van der Waals surface area contributed by atoms with Crippen molar-refractivity contribution < 1.29 is 17.9 Å². The molecule has 1 amide bonds. The van der Waals surface area contributed by atoms with E-state index in [9.17, 15) is 13.2 Å². The summed E-state index contributed by atoms with van der Waals surface area (Å²) in [4.78, 5) is 12.5. The normalized spacial score (nSPS) is 11.0. The first-order valence-electron chi connectivity index (χ1n) is 10.3. The van der Waals surface area contributed by atoms with E-state index in [-0.39, 0.29) is 16.5 Å². The van der Waals surface area contributed by atoms with Crippen LogP contribution in [0.25, 0.3) is 0 Å². The number of anilines is 2. The standard InChI is InChI=1S/C26H21ClN2O4S/c1-18-16-22(13-14-23(18)28-26(30)19-8-4-2-5-9-19)34(31,32)29-24-17-20(27)12-15-25(24)33-21-10-6-3-7-11-21/h2-17,29H,1H3,(H,28,30). The van der Waals surface area contributed by atoms with Gasteiger partial charge in [-0.05, 0) is 73.2 Å². The zero-order chi connectivity index (χ0) is 24.1. The molecule has 0 aliphatic rings. The fourth-order valence-corrected chi connectivity index (χ4v) is 4.54. The molecule has 34 heavy (non-hydrogen) atoms. The maximum atomic E-state index is 13.1. The molecule has 0 unspecified atom stereocenters. The van der Waals surface area contributed by atoms with Crippen LogP contribution >= 0.6 is 11.6 Å². The lowest BCUT2D eigenvalue weighted by molar-refractivity contribution is 0.102. The van der Waals surface area contributed by atoms with Crippen LogP contribution in [-0.4, -0.2) is 14.3 Å². The van der Waals surface area contributed by atoms with E-state index in [1.807, 2.05) is 24.3 Å². The number of halogens is 1. The van der Waals surface area contributed by atoms with Gasteiger partial charge in [0.2, 0.25) is 0 Å². The van der Waals surface area contributed by atoms with Crippen molar-refractivity contribution in [3.8, 4) is 11.5 Å². The summed E-state index contributed by atoms with van der Waals surface area (Å²) in [6, 6.07) is 27.0. The molecule has 4 rings (SSSR count). The molecule has 172 valence electrons. The Labute approximate surface area is 203 Å². The van der Waals surface area contributed by atoms with Crippen LogP contribution in [0.3, 0.4) is 0 Å². The second-order valence-corrected chi connectivity index (χ2v) is 9.58. The van der Waals surface area contributed by atoms with Crippen molar-refractivity contribution in [2.24, 2.45) is 0 Å². The molecule has 2 N–H and O–H groups in total. The predicted octanol–water partition coefficient (Wildman–Crippen LogP) is 6.49. The van der Waals surface area contributed by atoms with E-state index in [4.69, 9.17) is 16.3 Å². The third kappa shape index (κ3) is 5.57. The summed E-state index contributed by atoms with van der Waals surface area (Å²) >= 11 is 6.11. The molecule has 4 aromatic rings. The number of amides is 1. The maximum Gasteiger partial charge on any atom is 0.262 e.